The van der Waals surface area contributed by atoms with E-state index in [1.165, 1.54) is 18.2 Å². The van der Waals surface area contributed by atoms with Gasteiger partial charge in [-0.2, -0.15) is 0 Å². The van der Waals surface area contributed by atoms with Crippen LogP contribution in [0, 0.1) is 0 Å². The largest absolute Gasteiger partial charge is 0.573 e. The van der Waals surface area contributed by atoms with Gasteiger partial charge in [0.2, 0.25) is 0 Å². The summed E-state index contributed by atoms with van der Waals surface area (Å²) in [6.07, 6.45) is -0.574. The van der Waals surface area contributed by atoms with Crippen LogP contribution in [0.25, 0.3) is 16.9 Å². The first-order valence-electron chi connectivity index (χ1n) is 8.86. The van der Waals surface area contributed by atoms with E-state index in [0.717, 1.165) is 12.8 Å². The summed E-state index contributed by atoms with van der Waals surface area (Å²) in [7, 11) is 0. The van der Waals surface area contributed by atoms with E-state index >= 15 is 0 Å². The van der Waals surface area contributed by atoms with Crippen LogP contribution in [0.15, 0.2) is 42.6 Å². The van der Waals surface area contributed by atoms with E-state index in [9.17, 15) is 18.0 Å². The molecule has 2 aromatic heterocycles. The van der Waals surface area contributed by atoms with Crippen LogP contribution in [0.5, 0.6) is 5.75 Å². The lowest BCUT2D eigenvalue weighted by atomic mass is 9.94. The predicted octanol–water partition coefficient (Wildman–Crippen LogP) is 4.22. The van der Waals surface area contributed by atoms with Gasteiger partial charge in [-0.05, 0) is 37.1 Å². The predicted molar refractivity (Wildman–Crippen MR) is 96.0 cm³/mol. The van der Waals surface area contributed by atoms with Gasteiger partial charge >= 0.3 is 6.36 Å². The van der Waals surface area contributed by atoms with Crippen molar-refractivity contribution in [2.24, 2.45) is 0 Å². The van der Waals surface area contributed by atoms with Crippen LogP contribution in [0.3, 0.4) is 0 Å². The van der Waals surface area contributed by atoms with Crippen molar-refractivity contribution in [1.82, 2.24) is 14.6 Å². The first kappa shape index (κ1) is 18.3. The maximum atomic E-state index is 12.5. The minimum atomic E-state index is -4.76. The molecule has 9 heteroatoms. The molecular weight excluding hydrogens is 373 g/mol. The fraction of sp³-hybridized carbons (Fsp3) is 0.316. The molecule has 0 bridgehead atoms. The highest BCUT2D eigenvalue weighted by Gasteiger charge is 2.31. The number of ketones is 1. The Morgan fingerprint density at radius 2 is 1.93 bits per heavy atom. The van der Waals surface area contributed by atoms with Gasteiger partial charge in [0.25, 0.3) is 0 Å². The monoisotopic (exact) mass is 390 g/mol. The Balaban J connectivity index is 1.61. The first-order chi connectivity index (χ1) is 13.4. The minimum Gasteiger partial charge on any atom is -0.406 e. The van der Waals surface area contributed by atoms with Crippen molar-refractivity contribution in [3.05, 3.63) is 42.6 Å². The number of anilines is 1. The van der Waals surface area contributed by atoms with Crippen molar-refractivity contribution in [3.8, 4) is 17.0 Å². The zero-order chi connectivity index (χ0) is 19.7. The number of carbonyl (C=O) groups is 1. The van der Waals surface area contributed by atoms with Crippen LogP contribution in [0.4, 0.5) is 19.0 Å². The number of halogens is 3. The second kappa shape index (κ2) is 7.14. The third kappa shape index (κ3) is 4.08. The van der Waals surface area contributed by atoms with Gasteiger partial charge in [-0.1, -0.05) is 12.1 Å². The van der Waals surface area contributed by atoms with Crippen LogP contribution in [0.1, 0.15) is 25.7 Å². The standard InChI is InChI=1S/C19H17F3N4O2/c20-19(21,22)28-15-3-1-2-12(10-15)16-11-23-18-9-8-17(25-26(16)18)24-13-4-6-14(27)7-5-13/h1-3,8-11,13H,4-7H2,(H,24,25). The van der Waals surface area contributed by atoms with Gasteiger partial charge in [0.1, 0.15) is 17.4 Å². The fourth-order valence-corrected chi connectivity index (χ4v) is 3.29. The Labute approximate surface area is 158 Å². The van der Waals surface area contributed by atoms with E-state index in [1.807, 2.05) is 0 Å². The zero-order valence-corrected chi connectivity index (χ0v) is 14.7. The molecule has 0 aliphatic heterocycles. The number of rotatable bonds is 4. The molecule has 1 saturated carbocycles. The van der Waals surface area contributed by atoms with Crippen molar-refractivity contribution in [3.63, 3.8) is 0 Å². The number of fused-ring (bicyclic) bond motifs is 1. The molecule has 28 heavy (non-hydrogen) atoms. The normalized spacial score (nSPS) is 15.8. The van der Waals surface area contributed by atoms with E-state index < -0.39 is 6.36 Å². The summed E-state index contributed by atoms with van der Waals surface area (Å²) in [6, 6.07) is 9.43. The number of nitrogens with zero attached hydrogens (tertiary/aromatic N) is 3. The van der Waals surface area contributed by atoms with Gasteiger partial charge in [-0.25, -0.2) is 9.50 Å². The number of aromatic nitrogens is 3. The molecule has 146 valence electrons. The van der Waals surface area contributed by atoms with Crippen LogP contribution >= 0.6 is 0 Å². The average Bonchev–Trinajstić information content (AvgIpc) is 3.06. The molecular formula is C19H17F3N4O2. The van der Waals surface area contributed by atoms with Gasteiger partial charge in [-0.15, -0.1) is 18.3 Å². The number of ether oxygens (including phenoxy) is 1. The van der Waals surface area contributed by atoms with Gasteiger partial charge in [0, 0.05) is 24.4 Å². The minimum absolute atomic E-state index is 0.165. The molecule has 0 unspecified atom stereocenters. The van der Waals surface area contributed by atoms with Crippen LogP contribution < -0.4 is 10.1 Å². The molecule has 1 aliphatic carbocycles. The Bertz CT molecular complexity index is 1010. The Morgan fingerprint density at radius 3 is 2.68 bits per heavy atom. The second-order valence-corrected chi connectivity index (χ2v) is 6.66. The Hall–Kier alpha value is -3.10. The summed E-state index contributed by atoms with van der Waals surface area (Å²) < 4.78 is 43.0. The first-order valence-corrected chi connectivity index (χ1v) is 8.86. The number of hydrogen-bond donors (Lipinski definition) is 1. The molecule has 6 nitrogen and oxygen atoms in total. The molecule has 0 saturated heterocycles. The highest BCUT2D eigenvalue weighted by Crippen LogP contribution is 2.28. The van der Waals surface area contributed by atoms with Gasteiger partial charge < -0.3 is 10.1 Å². The van der Waals surface area contributed by atoms with Crippen molar-refractivity contribution >= 4 is 17.2 Å². The molecule has 0 atom stereocenters. The molecule has 1 aliphatic rings. The van der Waals surface area contributed by atoms with Crippen molar-refractivity contribution in [2.45, 2.75) is 38.1 Å². The second-order valence-electron chi connectivity index (χ2n) is 6.66. The van der Waals surface area contributed by atoms with E-state index in [4.69, 9.17) is 0 Å². The highest BCUT2D eigenvalue weighted by molar-refractivity contribution is 5.79. The molecule has 1 N–H and O–H groups in total. The molecule has 0 amide bonds. The molecule has 1 fully saturated rings. The van der Waals surface area contributed by atoms with E-state index in [1.54, 1.807) is 28.9 Å². The van der Waals surface area contributed by atoms with Gasteiger partial charge in [0.15, 0.2) is 5.65 Å². The van der Waals surface area contributed by atoms with Crippen molar-refractivity contribution in [1.29, 1.82) is 0 Å². The number of benzene rings is 1. The summed E-state index contributed by atoms with van der Waals surface area (Å²) in [5, 5.41) is 7.84. The number of nitrogens with one attached hydrogen (secondary N) is 1. The smallest absolute Gasteiger partial charge is 0.406 e. The summed E-state index contributed by atoms with van der Waals surface area (Å²) in [5.74, 6) is 0.592. The maximum Gasteiger partial charge on any atom is 0.573 e. The summed E-state index contributed by atoms with van der Waals surface area (Å²) >= 11 is 0. The summed E-state index contributed by atoms with van der Waals surface area (Å²) in [6.45, 7) is 0. The third-order valence-electron chi connectivity index (χ3n) is 4.62. The molecule has 4 rings (SSSR count). The Morgan fingerprint density at radius 1 is 1.14 bits per heavy atom. The molecule has 1 aromatic carbocycles. The van der Waals surface area contributed by atoms with Crippen LogP contribution in [-0.4, -0.2) is 32.8 Å². The van der Waals surface area contributed by atoms with Gasteiger partial charge in [0.05, 0.1) is 11.9 Å². The number of Topliss-reactive ketones (excluding diaryl/α,β-unsaturated/α-hetero) is 1. The van der Waals surface area contributed by atoms with Crippen molar-refractivity contribution in [2.75, 3.05) is 5.32 Å². The average molecular weight is 390 g/mol. The highest BCUT2D eigenvalue weighted by atomic mass is 19.4. The molecule has 0 radical (unpaired) electrons. The van der Waals surface area contributed by atoms with E-state index in [2.05, 4.69) is 20.1 Å². The summed E-state index contributed by atoms with van der Waals surface area (Å²) in [5.41, 5.74) is 1.62. The fourth-order valence-electron chi connectivity index (χ4n) is 3.29. The van der Waals surface area contributed by atoms with Crippen LogP contribution in [-0.2, 0) is 4.79 Å². The number of alkyl halides is 3. The number of hydrogen-bond acceptors (Lipinski definition) is 5. The lowest BCUT2D eigenvalue weighted by molar-refractivity contribution is -0.274. The SMILES string of the molecule is O=C1CCC(Nc2ccc3ncc(-c4cccc(OC(F)(F)F)c4)n3n2)CC1. The van der Waals surface area contributed by atoms with Crippen molar-refractivity contribution < 1.29 is 22.7 Å². The van der Waals surface area contributed by atoms with E-state index in [-0.39, 0.29) is 17.6 Å². The topological polar surface area (TPSA) is 68.5 Å². The molecule has 3 aromatic rings. The number of carbonyl (C=O) groups excluding carboxylic acids is 1. The van der Waals surface area contributed by atoms with Gasteiger partial charge in [-0.3, -0.25) is 4.79 Å². The third-order valence-corrected chi connectivity index (χ3v) is 4.62. The van der Waals surface area contributed by atoms with E-state index in [0.29, 0.717) is 35.6 Å². The maximum absolute atomic E-state index is 12.5. The van der Waals surface area contributed by atoms with Crippen LogP contribution in [0.2, 0.25) is 0 Å². The lowest BCUT2D eigenvalue weighted by Crippen LogP contribution is -2.26. The molecule has 0 spiro atoms. The quantitative estimate of drug-likeness (QED) is 0.723. The zero-order valence-electron chi connectivity index (χ0n) is 14.7. The number of imidazole rings is 1. The Kier molecular flexibility index (Phi) is 4.66. The lowest BCUT2D eigenvalue weighted by Gasteiger charge is -2.22. The summed E-state index contributed by atoms with van der Waals surface area (Å²) in [4.78, 5) is 15.6. The molecule has 2 heterocycles.